The van der Waals surface area contributed by atoms with Crippen molar-refractivity contribution in [2.24, 2.45) is 0 Å². The molecule has 2 heterocycles. The molecule has 0 bridgehead atoms. The van der Waals surface area contributed by atoms with Crippen LogP contribution in [0.1, 0.15) is 29.9 Å². The number of morpholine rings is 1. The zero-order valence-electron chi connectivity index (χ0n) is 18.6. The number of nitrogens with zero attached hydrogens (tertiary/aromatic N) is 2. The summed E-state index contributed by atoms with van der Waals surface area (Å²) in [6, 6.07) is 12.7. The van der Waals surface area contributed by atoms with Crippen LogP contribution >= 0.6 is 0 Å². The molecular formula is C23H26N4O5S. The summed E-state index contributed by atoms with van der Waals surface area (Å²) in [6.45, 7) is 6.18. The first-order valence-electron chi connectivity index (χ1n) is 10.6. The normalized spacial score (nSPS) is 19.4. The van der Waals surface area contributed by atoms with Crippen molar-refractivity contribution >= 4 is 21.6 Å². The summed E-state index contributed by atoms with van der Waals surface area (Å²) in [4.78, 5) is 12.8. The van der Waals surface area contributed by atoms with Crippen LogP contribution in [0.5, 0.6) is 5.75 Å². The number of aromatic amines is 1. The molecule has 1 aliphatic heterocycles. The molecule has 2 aromatic carbocycles. The number of rotatable bonds is 5. The van der Waals surface area contributed by atoms with Gasteiger partial charge in [0.25, 0.3) is 5.91 Å². The summed E-state index contributed by atoms with van der Waals surface area (Å²) in [5.74, 6) is -0.368. The van der Waals surface area contributed by atoms with Gasteiger partial charge in [0, 0.05) is 24.3 Å². The standard InChI is InChI=1S/C23H26N4O5S/c1-14-4-9-22(28)19(10-14)20-11-21(26-25-20)23(29)24-17-5-7-18(8-6-17)33(30,31)27-12-15(2)32-16(3)13-27/h4-11,15-16,28H,12-13H2,1-3H3,(H,24,29)(H,25,26)/t15-,16+. The SMILES string of the molecule is Cc1ccc(O)c(-c2cc(C(=O)Nc3ccc(S(=O)(=O)N4C[C@@H](C)O[C@@H](C)C4)cc3)[nH]n2)c1. The van der Waals surface area contributed by atoms with Crippen molar-refractivity contribution in [3.05, 3.63) is 59.8 Å². The summed E-state index contributed by atoms with van der Waals surface area (Å²) < 4.78 is 33.0. The molecule has 1 fully saturated rings. The molecule has 4 rings (SSSR count). The van der Waals surface area contributed by atoms with Crippen LogP contribution in [-0.4, -0.2) is 59.2 Å². The lowest BCUT2D eigenvalue weighted by Gasteiger charge is -2.34. The summed E-state index contributed by atoms with van der Waals surface area (Å²) in [6.07, 6.45) is -0.355. The van der Waals surface area contributed by atoms with Crippen molar-refractivity contribution in [2.75, 3.05) is 18.4 Å². The van der Waals surface area contributed by atoms with E-state index in [0.717, 1.165) is 5.56 Å². The van der Waals surface area contributed by atoms with Crippen LogP contribution in [0.3, 0.4) is 0 Å². The van der Waals surface area contributed by atoms with E-state index in [1.165, 1.54) is 16.4 Å². The van der Waals surface area contributed by atoms with E-state index in [-0.39, 0.29) is 28.5 Å². The summed E-state index contributed by atoms with van der Waals surface area (Å²) in [5.41, 5.74) is 2.56. The molecule has 0 aliphatic carbocycles. The highest BCUT2D eigenvalue weighted by Gasteiger charge is 2.32. The summed E-state index contributed by atoms with van der Waals surface area (Å²) in [7, 11) is -3.66. The molecule has 3 aromatic rings. The number of nitrogens with one attached hydrogen (secondary N) is 2. The maximum atomic E-state index is 13.0. The summed E-state index contributed by atoms with van der Waals surface area (Å²) >= 11 is 0. The maximum Gasteiger partial charge on any atom is 0.273 e. The highest BCUT2D eigenvalue weighted by atomic mass is 32.2. The number of sulfonamides is 1. The Kier molecular flexibility index (Phi) is 6.24. The van der Waals surface area contributed by atoms with Gasteiger partial charge in [-0.15, -0.1) is 0 Å². The second kappa shape index (κ2) is 8.97. The van der Waals surface area contributed by atoms with E-state index in [4.69, 9.17) is 4.74 Å². The van der Waals surface area contributed by atoms with Crippen molar-refractivity contribution in [2.45, 2.75) is 37.9 Å². The number of aryl methyl sites for hydroxylation is 1. The number of ether oxygens (including phenoxy) is 1. The minimum atomic E-state index is -3.66. The van der Waals surface area contributed by atoms with E-state index >= 15 is 0 Å². The first-order chi connectivity index (χ1) is 15.6. The molecule has 0 spiro atoms. The molecule has 0 unspecified atom stereocenters. The Morgan fingerprint density at radius 1 is 1.12 bits per heavy atom. The number of carbonyl (C=O) groups excluding carboxylic acids is 1. The number of anilines is 1. The van der Waals surface area contributed by atoms with E-state index in [9.17, 15) is 18.3 Å². The third kappa shape index (κ3) is 4.92. The molecule has 10 heteroatoms. The number of amides is 1. The van der Waals surface area contributed by atoms with E-state index in [0.29, 0.717) is 30.0 Å². The number of aromatic nitrogens is 2. The van der Waals surface area contributed by atoms with E-state index in [2.05, 4.69) is 15.5 Å². The molecule has 0 radical (unpaired) electrons. The molecule has 3 N–H and O–H groups in total. The van der Waals surface area contributed by atoms with Crippen LogP contribution in [0.25, 0.3) is 11.3 Å². The van der Waals surface area contributed by atoms with Gasteiger partial charge >= 0.3 is 0 Å². The Labute approximate surface area is 192 Å². The average molecular weight is 471 g/mol. The van der Waals surface area contributed by atoms with Crippen LogP contribution in [0.4, 0.5) is 5.69 Å². The zero-order chi connectivity index (χ0) is 23.8. The van der Waals surface area contributed by atoms with Gasteiger partial charge in [-0.05, 0) is 63.2 Å². The molecule has 2 atom stereocenters. The third-order valence-electron chi connectivity index (χ3n) is 5.39. The first-order valence-corrected chi connectivity index (χ1v) is 12.0. The third-order valence-corrected chi connectivity index (χ3v) is 7.23. The molecule has 9 nitrogen and oxygen atoms in total. The number of hydrogen-bond donors (Lipinski definition) is 3. The Balaban J connectivity index is 1.47. The van der Waals surface area contributed by atoms with E-state index < -0.39 is 15.9 Å². The van der Waals surface area contributed by atoms with Gasteiger partial charge in [-0.25, -0.2) is 8.42 Å². The molecule has 1 amide bonds. The lowest BCUT2D eigenvalue weighted by atomic mass is 10.1. The number of aromatic hydroxyl groups is 1. The van der Waals surface area contributed by atoms with Gasteiger partial charge in [0.1, 0.15) is 11.4 Å². The number of carbonyl (C=O) groups is 1. The zero-order valence-corrected chi connectivity index (χ0v) is 19.4. The molecule has 33 heavy (non-hydrogen) atoms. The van der Waals surface area contributed by atoms with Gasteiger partial charge in [0.2, 0.25) is 10.0 Å². The molecule has 1 aromatic heterocycles. The van der Waals surface area contributed by atoms with Gasteiger partial charge in [-0.1, -0.05) is 11.6 Å². The van der Waals surface area contributed by atoms with Crippen LogP contribution in [0.2, 0.25) is 0 Å². The minimum absolute atomic E-state index is 0.0694. The Bertz CT molecular complexity index is 1260. The highest BCUT2D eigenvalue weighted by molar-refractivity contribution is 7.89. The van der Waals surface area contributed by atoms with Gasteiger partial charge in [0.15, 0.2) is 0 Å². The predicted molar refractivity (Wildman–Crippen MR) is 124 cm³/mol. The van der Waals surface area contributed by atoms with Crippen molar-refractivity contribution in [3.63, 3.8) is 0 Å². The quantitative estimate of drug-likeness (QED) is 0.526. The Morgan fingerprint density at radius 2 is 1.79 bits per heavy atom. The minimum Gasteiger partial charge on any atom is -0.507 e. The number of phenolic OH excluding ortho intramolecular Hbond substituents is 1. The molecular weight excluding hydrogens is 444 g/mol. The monoisotopic (exact) mass is 470 g/mol. The van der Waals surface area contributed by atoms with Gasteiger partial charge in [0.05, 0.1) is 22.8 Å². The van der Waals surface area contributed by atoms with E-state index in [1.807, 2.05) is 20.8 Å². The lowest BCUT2D eigenvalue weighted by molar-refractivity contribution is -0.0440. The molecule has 0 saturated carbocycles. The van der Waals surface area contributed by atoms with Crippen LogP contribution in [0, 0.1) is 6.92 Å². The lowest BCUT2D eigenvalue weighted by Crippen LogP contribution is -2.48. The van der Waals surface area contributed by atoms with Crippen LogP contribution in [-0.2, 0) is 14.8 Å². The average Bonchev–Trinajstić information content (AvgIpc) is 3.25. The first kappa shape index (κ1) is 23.0. The number of hydrogen-bond acceptors (Lipinski definition) is 6. The fourth-order valence-electron chi connectivity index (χ4n) is 3.82. The Hall–Kier alpha value is -3.21. The maximum absolute atomic E-state index is 13.0. The van der Waals surface area contributed by atoms with Crippen molar-refractivity contribution in [3.8, 4) is 17.0 Å². The van der Waals surface area contributed by atoms with Gasteiger partial charge in [-0.2, -0.15) is 9.40 Å². The number of phenols is 1. The van der Waals surface area contributed by atoms with Crippen LogP contribution < -0.4 is 5.32 Å². The van der Waals surface area contributed by atoms with Crippen molar-refractivity contribution in [1.29, 1.82) is 0 Å². The highest BCUT2D eigenvalue weighted by Crippen LogP contribution is 2.29. The summed E-state index contributed by atoms with van der Waals surface area (Å²) in [5, 5.41) is 19.6. The fraction of sp³-hybridized carbons (Fsp3) is 0.304. The second-order valence-corrected chi connectivity index (χ2v) is 10.2. The van der Waals surface area contributed by atoms with Crippen LogP contribution in [0.15, 0.2) is 53.4 Å². The fourth-order valence-corrected chi connectivity index (χ4v) is 5.41. The predicted octanol–water partition coefficient (Wildman–Crippen LogP) is 3.14. The van der Waals surface area contributed by atoms with Gasteiger partial charge in [-0.3, -0.25) is 9.89 Å². The molecule has 174 valence electrons. The van der Waals surface area contributed by atoms with E-state index in [1.54, 1.807) is 36.4 Å². The largest absolute Gasteiger partial charge is 0.507 e. The van der Waals surface area contributed by atoms with Crippen molar-refractivity contribution in [1.82, 2.24) is 14.5 Å². The van der Waals surface area contributed by atoms with Crippen molar-refractivity contribution < 1.29 is 23.1 Å². The molecule has 1 aliphatic rings. The Morgan fingerprint density at radius 3 is 2.45 bits per heavy atom. The molecule has 1 saturated heterocycles. The second-order valence-electron chi connectivity index (χ2n) is 8.25. The smallest absolute Gasteiger partial charge is 0.273 e. The van der Waals surface area contributed by atoms with Gasteiger partial charge < -0.3 is 15.2 Å². The topological polar surface area (TPSA) is 125 Å². The number of benzene rings is 2. The number of H-pyrrole nitrogens is 1.